The molecule has 2 aromatic carbocycles. The van der Waals surface area contributed by atoms with Crippen LogP contribution in [-0.4, -0.2) is 36.6 Å². The van der Waals surface area contributed by atoms with Crippen LogP contribution in [0.2, 0.25) is 0 Å². The highest BCUT2D eigenvalue weighted by atomic mass is 19.4. The molecule has 2 aliphatic rings. The Labute approximate surface area is 210 Å². The van der Waals surface area contributed by atoms with Gasteiger partial charge in [-0.15, -0.1) is 0 Å². The van der Waals surface area contributed by atoms with Gasteiger partial charge in [-0.2, -0.15) is 13.2 Å². The van der Waals surface area contributed by atoms with E-state index in [1.54, 1.807) is 62.5 Å². The highest BCUT2D eigenvalue weighted by Crippen LogP contribution is 2.50. The minimum Gasteiger partial charge on any atom is -0.497 e. The minimum atomic E-state index is -4.66. The van der Waals surface area contributed by atoms with E-state index in [0.29, 0.717) is 34.9 Å². The topological polar surface area (TPSA) is 41.6 Å². The Hall–Kier alpha value is -3.48. The molecule has 190 valence electrons. The highest BCUT2D eigenvalue weighted by Gasteiger charge is 2.58. The summed E-state index contributed by atoms with van der Waals surface area (Å²) in [6.45, 7) is 3.78. The van der Waals surface area contributed by atoms with Crippen molar-refractivity contribution >= 4 is 11.5 Å². The van der Waals surface area contributed by atoms with Gasteiger partial charge in [-0.3, -0.25) is 4.79 Å². The number of hydrogen-bond donors (Lipinski definition) is 1. The van der Waals surface area contributed by atoms with Crippen molar-refractivity contribution in [1.29, 1.82) is 0 Å². The fourth-order valence-corrected chi connectivity index (χ4v) is 5.07. The zero-order valence-electron chi connectivity index (χ0n) is 20.8. The first-order valence-electron chi connectivity index (χ1n) is 12.0. The van der Waals surface area contributed by atoms with Crippen molar-refractivity contribution in [3.8, 4) is 5.75 Å². The van der Waals surface area contributed by atoms with Gasteiger partial charge >= 0.3 is 6.18 Å². The maximum atomic E-state index is 14.4. The SMILES string of the molecule is COc1cccc(NC(C(=O)C2C(C(F)(F)F)=CN(C)C2(C)C2=CCC(C)C=C2)c2ccccc2)c1. The number of halogens is 3. The van der Waals surface area contributed by atoms with E-state index >= 15 is 0 Å². The maximum Gasteiger partial charge on any atom is 0.414 e. The van der Waals surface area contributed by atoms with Crippen LogP contribution in [0, 0.1) is 11.8 Å². The van der Waals surface area contributed by atoms with Gasteiger partial charge in [0.2, 0.25) is 0 Å². The summed E-state index contributed by atoms with van der Waals surface area (Å²) in [6, 6.07) is 14.9. The molecule has 1 heterocycles. The van der Waals surface area contributed by atoms with Crippen LogP contribution in [0.4, 0.5) is 18.9 Å². The quantitative estimate of drug-likeness (QED) is 0.463. The van der Waals surface area contributed by atoms with Gasteiger partial charge in [0.1, 0.15) is 11.8 Å². The molecule has 0 saturated heterocycles. The van der Waals surface area contributed by atoms with Crippen molar-refractivity contribution in [2.45, 2.75) is 38.0 Å². The second kappa shape index (κ2) is 9.88. The van der Waals surface area contributed by atoms with Gasteiger partial charge in [0.05, 0.1) is 24.1 Å². The number of nitrogens with zero attached hydrogens (tertiary/aromatic N) is 1. The van der Waals surface area contributed by atoms with Crippen LogP contribution in [0.1, 0.15) is 31.9 Å². The van der Waals surface area contributed by atoms with Crippen molar-refractivity contribution < 1.29 is 22.7 Å². The van der Waals surface area contributed by atoms with Crippen molar-refractivity contribution in [3.63, 3.8) is 0 Å². The second-order valence-corrected chi connectivity index (χ2v) is 9.63. The number of nitrogens with one attached hydrogen (secondary N) is 1. The van der Waals surface area contributed by atoms with E-state index < -0.39 is 35.0 Å². The van der Waals surface area contributed by atoms with Gasteiger partial charge in [0, 0.05) is 25.0 Å². The molecule has 0 amide bonds. The van der Waals surface area contributed by atoms with E-state index in [9.17, 15) is 18.0 Å². The van der Waals surface area contributed by atoms with E-state index in [0.717, 1.165) is 6.20 Å². The summed E-state index contributed by atoms with van der Waals surface area (Å²) >= 11 is 0. The Bertz CT molecular complexity index is 1200. The Morgan fingerprint density at radius 1 is 1.17 bits per heavy atom. The Morgan fingerprint density at radius 2 is 1.89 bits per heavy atom. The number of carbonyl (C=O) groups is 1. The predicted octanol–water partition coefficient (Wildman–Crippen LogP) is 6.71. The average Bonchev–Trinajstić information content (AvgIpc) is 3.15. The number of hydrogen-bond acceptors (Lipinski definition) is 4. The average molecular weight is 497 g/mol. The molecule has 1 N–H and O–H groups in total. The Kier molecular flexibility index (Phi) is 7.03. The van der Waals surface area contributed by atoms with E-state index in [2.05, 4.69) is 12.2 Å². The maximum absolute atomic E-state index is 14.4. The van der Waals surface area contributed by atoms with Gasteiger partial charge in [-0.25, -0.2) is 0 Å². The largest absolute Gasteiger partial charge is 0.497 e. The monoisotopic (exact) mass is 496 g/mol. The first-order valence-corrected chi connectivity index (χ1v) is 12.0. The van der Waals surface area contributed by atoms with Gasteiger partial charge in [0.25, 0.3) is 0 Å². The zero-order valence-corrected chi connectivity index (χ0v) is 20.8. The summed E-state index contributed by atoms with van der Waals surface area (Å²) in [5.41, 5.74) is -0.149. The molecule has 0 saturated carbocycles. The number of rotatable bonds is 7. The number of benzene rings is 2. The smallest absolute Gasteiger partial charge is 0.414 e. The van der Waals surface area contributed by atoms with Crippen molar-refractivity contribution in [2.75, 3.05) is 19.5 Å². The van der Waals surface area contributed by atoms with Crippen LogP contribution in [0.15, 0.2) is 90.2 Å². The molecule has 0 radical (unpaired) electrons. The number of carbonyl (C=O) groups excluding carboxylic acids is 1. The molecule has 2 aromatic rings. The molecule has 4 rings (SSSR count). The van der Waals surface area contributed by atoms with Crippen LogP contribution < -0.4 is 10.1 Å². The lowest BCUT2D eigenvalue weighted by Crippen LogP contribution is -2.50. The lowest BCUT2D eigenvalue weighted by molar-refractivity contribution is -0.131. The van der Waals surface area contributed by atoms with E-state index in [-0.39, 0.29) is 0 Å². The number of allylic oxidation sites excluding steroid dienone is 2. The molecule has 36 heavy (non-hydrogen) atoms. The molecule has 1 aliphatic heterocycles. The van der Waals surface area contributed by atoms with Crippen LogP contribution in [0.5, 0.6) is 5.75 Å². The molecule has 4 unspecified atom stereocenters. The molecule has 0 aromatic heterocycles. The number of alkyl halides is 3. The molecular formula is C29H31F3N2O2. The van der Waals surface area contributed by atoms with E-state index in [1.165, 1.54) is 12.0 Å². The molecule has 0 fully saturated rings. The summed E-state index contributed by atoms with van der Waals surface area (Å²) < 4.78 is 48.5. The number of Topliss-reactive ketones (excluding diaryl/α,β-unsaturated/α-hetero) is 1. The summed E-state index contributed by atoms with van der Waals surface area (Å²) in [6.07, 6.45) is 2.96. The normalized spacial score (nSPS) is 24.7. The predicted molar refractivity (Wildman–Crippen MR) is 136 cm³/mol. The standard InChI is InChI=1S/C29H31F3N2O2/c1-19-13-15-21(16-14-19)28(2)25(24(18-34(28)3)29(30,31)32)27(35)26(20-9-6-5-7-10-20)33-22-11-8-12-23(17-22)36-4/h5-13,15-19,25-26,33H,14H2,1-4H3. The van der Waals surface area contributed by atoms with Crippen LogP contribution in [-0.2, 0) is 4.79 Å². The van der Waals surface area contributed by atoms with Gasteiger partial charge < -0.3 is 15.0 Å². The zero-order chi connectivity index (χ0) is 26.1. The van der Waals surface area contributed by atoms with Gasteiger partial charge in [-0.05, 0) is 42.5 Å². The Morgan fingerprint density at radius 3 is 2.50 bits per heavy atom. The summed E-state index contributed by atoms with van der Waals surface area (Å²) in [5.74, 6) is -1.12. The third kappa shape index (κ3) is 4.79. The third-order valence-electron chi connectivity index (χ3n) is 7.25. The molecule has 4 atom stereocenters. The fourth-order valence-electron chi connectivity index (χ4n) is 5.07. The number of likely N-dealkylation sites (N-methyl/N-ethyl adjacent to an activating group) is 1. The Balaban J connectivity index is 1.82. The van der Waals surface area contributed by atoms with Gasteiger partial charge in [-0.1, -0.05) is 61.5 Å². The second-order valence-electron chi connectivity index (χ2n) is 9.63. The lowest BCUT2D eigenvalue weighted by atomic mass is 9.71. The number of ketones is 1. The lowest BCUT2D eigenvalue weighted by Gasteiger charge is -2.42. The first-order chi connectivity index (χ1) is 17.1. The van der Waals surface area contributed by atoms with E-state index in [1.807, 2.05) is 24.3 Å². The van der Waals surface area contributed by atoms with Crippen LogP contribution in [0.3, 0.4) is 0 Å². The third-order valence-corrected chi connectivity index (χ3v) is 7.25. The van der Waals surface area contributed by atoms with Crippen LogP contribution in [0.25, 0.3) is 0 Å². The molecule has 7 heteroatoms. The summed E-state index contributed by atoms with van der Waals surface area (Å²) in [4.78, 5) is 15.9. The molecule has 1 aliphatic carbocycles. The van der Waals surface area contributed by atoms with Crippen LogP contribution >= 0.6 is 0 Å². The van der Waals surface area contributed by atoms with Gasteiger partial charge in [0.15, 0.2) is 5.78 Å². The first kappa shape index (κ1) is 25.6. The molecular weight excluding hydrogens is 465 g/mol. The number of anilines is 1. The molecule has 0 spiro atoms. The fraction of sp³-hybridized carbons (Fsp3) is 0.345. The van der Waals surface area contributed by atoms with Crippen molar-refractivity contribution in [3.05, 3.63) is 95.7 Å². The summed E-state index contributed by atoms with van der Waals surface area (Å²) in [7, 11) is 3.14. The number of ether oxygens (including phenoxy) is 1. The number of methoxy groups -OCH3 is 1. The van der Waals surface area contributed by atoms with Crippen molar-refractivity contribution in [2.24, 2.45) is 11.8 Å². The molecule has 0 bridgehead atoms. The molecule has 4 nitrogen and oxygen atoms in total. The minimum absolute atomic E-state index is 0.292. The van der Waals surface area contributed by atoms with Crippen molar-refractivity contribution in [1.82, 2.24) is 4.90 Å². The van der Waals surface area contributed by atoms with E-state index in [4.69, 9.17) is 4.74 Å². The highest BCUT2D eigenvalue weighted by molar-refractivity contribution is 5.94. The summed E-state index contributed by atoms with van der Waals surface area (Å²) in [5, 5.41) is 3.20.